The smallest absolute Gasteiger partial charge is 0.243 e. The van der Waals surface area contributed by atoms with Gasteiger partial charge in [-0.1, -0.05) is 18.2 Å². The number of fused-ring (bicyclic) bond motifs is 1. The lowest BCUT2D eigenvalue weighted by molar-refractivity contribution is -0.126. The van der Waals surface area contributed by atoms with Gasteiger partial charge in [-0.15, -0.1) is 0 Å². The first-order chi connectivity index (χ1) is 14.9. The second-order valence-corrected chi connectivity index (χ2v) is 9.79. The summed E-state index contributed by atoms with van der Waals surface area (Å²) in [7, 11) is -0.0475. The lowest BCUT2D eigenvalue weighted by Gasteiger charge is -2.30. The van der Waals surface area contributed by atoms with Gasteiger partial charge in [0.15, 0.2) is 0 Å². The largest absolute Gasteiger partial charge is 0.496 e. The Balaban J connectivity index is 1.37. The zero-order chi connectivity index (χ0) is 22.0. The minimum atomic E-state index is -3.58. The van der Waals surface area contributed by atoms with Crippen LogP contribution in [0.4, 0.5) is 0 Å². The average Bonchev–Trinajstić information content (AvgIpc) is 3.17. The molecule has 0 bridgehead atoms. The molecule has 1 fully saturated rings. The third kappa shape index (κ3) is 4.31. The van der Waals surface area contributed by atoms with Crippen LogP contribution in [-0.4, -0.2) is 43.4 Å². The molecule has 0 saturated carbocycles. The Kier molecular flexibility index (Phi) is 6.02. The zero-order valence-electron chi connectivity index (χ0n) is 17.7. The number of nitrogens with zero attached hydrogens (tertiary/aromatic N) is 2. The zero-order valence-corrected chi connectivity index (χ0v) is 18.6. The first-order valence-corrected chi connectivity index (χ1v) is 11.8. The summed E-state index contributed by atoms with van der Waals surface area (Å²) in [4.78, 5) is 12.9. The van der Waals surface area contributed by atoms with Gasteiger partial charge in [-0.3, -0.25) is 4.79 Å². The number of nitrogens with one attached hydrogen (secondary N) is 1. The summed E-state index contributed by atoms with van der Waals surface area (Å²) in [5.74, 6) is 0.491. The van der Waals surface area contributed by atoms with Crippen molar-refractivity contribution < 1.29 is 17.9 Å². The molecule has 1 saturated heterocycles. The number of para-hydroxylation sites is 1. The van der Waals surface area contributed by atoms with E-state index in [1.54, 1.807) is 19.2 Å². The summed E-state index contributed by atoms with van der Waals surface area (Å²) in [6.07, 6.45) is 2.92. The number of aromatic nitrogens is 1. The maximum absolute atomic E-state index is 13.1. The second-order valence-electron chi connectivity index (χ2n) is 7.86. The van der Waals surface area contributed by atoms with E-state index in [0.717, 1.165) is 22.2 Å². The number of amides is 1. The summed E-state index contributed by atoms with van der Waals surface area (Å²) in [6.45, 7) is 1.06. The highest BCUT2D eigenvalue weighted by molar-refractivity contribution is 7.89. The Labute approximate surface area is 182 Å². The maximum Gasteiger partial charge on any atom is 0.243 e. The summed E-state index contributed by atoms with van der Waals surface area (Å²) >= 11 is 0. The number of hydrogen-bond acceptors (Lipinski definition) is 4. The summed E-state index contributed by atoms with van der Waals surface area (Å²) in [6, 6.07) is 14.7. The molecule has 1 N–H and O–H groups in total. The van der Waals surface area contributed by atoms with Gasteiger partial charge in [-0.2, -0.15) is 4.31 Å². The van der Waals surface area contributed by atoms with Gasteiger partial charge in [0.1, 0.15) is 5.75 Å². The van der Waals surface area contributed by atoms with Crippen LogP contribution in [0.1, 0.15) is 18.4 Å². The van der Waals surface area contributed by atoms with Gasteiger partial charge in [0.25, 0.3) is 0 Å². The van der Waals surface area contributed by atoms with Gasteiger partial charge in [-0.25, -0.2) is 8.42 Å². The van der Waals surface area contributed by atoms with Crippen molar-refractivity contribution in [1.29, 1.82) is 0 Å². The number of piperidine rings is 1. The molecule has 2 aromatic carbocycles. The van der Waals surface area contributed by atoms with E-state index in [1.807, 2.05) is 54.2 Å². The van der Waals surface area contributed by atoms with Crippen LogP contribution in [0.3, 0.4) is 0 Å². The summed E-state index contributed by atoms with van der Waals surface area (Å²) < 4.78 is 35.0. The second kappa shape index (κ2) is 8.72. The molecule has 164 valence electrons. The van der Waals surface area contributed by atoms with Gasteiger partial charge < -0.3 is 14.6 Å². The van der Waals surface area contributed by atoms with Gasteiger partial charge in [-0.05, 0) is 43.2 Å². The first-order valence-electron chi connectivity index (χ1n) is 10.3. The van der Waals surface area contributed by atoms with Crippen LogP contribution in [0.2, 0.25) is 0 Å². The Hall–Kier alpha value is -2.84. The molecule has 0 unspecified atom stereocenters. The van der Waals surface area contributed by atoms with Crippen molar-refractivity contribution in [2.75, 3.05) is 20.2 Å². The van der Waals surface area contributed by atoms with E-state index < -0.39 is 10.0 Å². The van der Waals surface area contributed by atoms with E-state index in [4.69, 9.17) is 4.74 Å². The Bertz CT molecular complexity index is 1190. The number of aryl methyl sites for hydroxylation is 1. The predicted molar refractivity (Wildman–Crippen MR) is 119 cm³/mol. The fourth-order valence-electron chi connectivity index (χ4n) is 4.10. The number of methoxy groups -OCH3 is 1. The molecule has 1 aliphatic rings. The molecule has 31 heavy (non-hydrogen) atoms. The van der Waals surface area contributed by atoms with Crippen LogP contribution < -0.4 is 10.1 Å². The topological polar surface area (TPSA) is 80.6 Å². The van der Waals surface area contributed by atoms with Crippen molar-refractivity contribution in [1.82, 2.24) is 14.2 Å². The molecule has 8 heteroatoms. The van der Waals surface area contributed by atoms with Gasteiger partial charge in [0.05, 0.1) is 12.0 Å². The fourth-order valence-corrected chi connectivity index (χ4v) is 5.61. The minimum absolute atomic E-state index is 0.0475. The normalized spacial score (nSPS) is 15.8. The van der Waals surface area contributed by atoms with E-state index >= 15 is 0 Å². The molecular formula is C23H27N3O4S. The summed E-state index contributed by atoms with van der Waals surface area (Å²) in [5.41, 5.74) is 1.90. The molecule has 1 amide bonds. The highest BCUT2D eigenvalue weighted by Crippen LogP contribution is 2.27. The van der Waals surface area contributed by atoms with E-state index in [9.17, 15) is 13.2 Å². The molecule has 1 aliphatic heterocycles. The standard InChI is InChI=1S/C23H27N3O4S/c1-25-12-9-18-15-20(7-8-21(18)25)31(28,29)26-13-10-17(11-14-26)23(27)24-16-19-5-3-4-6-22(19)30-2/h3-9,12,15,17H,10-11,13-14,16H2,1-2H3,(H,24,27). The molecule has 2 heterocycles. The third-order valence-corrected chi connectivity index (χ3v) is 7.86. The monoisotopic (exact) mass is 441 g/mol. The Morgan fingerprint density at radius 1 is 1.13 bits per heavy atom. The SMILES string of the molecule is COc1ccccc1CNC(=O)C1CCN(S(=O)(=O)c2ccc3c(ccn3C)c2)CC1. The number of carbonyl (C=O) groups excluding carboxylic acids is 1. The number of ether oxygens (including phenoxy) is 1. The van der Waals surface area contributed by atoms with Crippen molar-refractivity contribution in [3.8, 4) is 5.75 Å². The van der Waals surface area contributed by atoms with Gasteiger partial charge in [0, 0.05) is 55.3 Å². The summed E-state index contributed by atoms with van der Waals surface area (Å²) in [5, 5.41) is 3.86. The van der Waals surface area contributed by atoms with E-state index in [1.165, 1.54) is 4.31 Å². The third-order valence-electron chi connectivity index (χ3n) is 5.96. The van der Waals surface area contributed by atoms with Crippen molar-refractivity contribution in [3.05, 3.63) is 60.3 Å². The van der Waals surface area contributed by atoms with Crippen molar-refractivity contribution in [3.63, 3.8) is 0 Å². The molecule has 3 aromatic rings. The highest BCUT2D eigenvalue weighted by atomic mass is 32.2. The number of sulfonamides is 1. The lowest BCUT2D eigenvalue weighted by Crippen LogP contribution is -2.42. The van der Waals surface area contributed by atoms with E-state index in [-0.39, 0.29) is 11.8 Å². The van der Waals surface area contributed by atoms with Crippen LogP contribution in [0.5, 0.6) is 5.75 Å². The van der Waals surface area contributed by atoms with Crippen molar-refractivity contribution in [2.45, 2.75) is 24.3 Å². The van der Waals surface area contributed by atoms with Crippen LogP contribution in [-0.2, 0) is 28.4 Å². The fraction of sp³-hybridized carbons (Fsp3) is 0.348. The molecule has 0 radical (unpaired) electrons. The molecule has 1 aromatic heterocycles. The molecule has 0 aliphatic carbocycles. The van der Waals surface area contributed by atoms with Crippen LogP contribution in [0.15, 0.2) is 59.6 Å². The first kappa shape index (κ1) is 21.4. The molecule has 7 nitrogen and oxygen atoms in total. The van der Waals surface area contributed by atoms with Gasteiger partial charge >= 0.3 is 0 Å². The quantitative estimate of drug-likeness (QED) is 0.638. The Morgan fingerprint density at radius 2 is 1.87 bits per heavy atom. The number of hydrogen-bond donors (Lipinski definition) is 1. The van der Waals surface area contributed by atoms with E-state index in [0.29, 0.717) is 37.4 Å². The van der Waals surface area contributed by atoms with Gasteiger partial charge in [0.2, 0.25) is 15.9 Å². The predicted octanol–water partition coefficient (Wildman–Crippen LogP) is 2.90. The number of rotatable bonds is 6. The molecule has 4 rings (SSSR count). The van der Waals surface area contributed by atoms with E-state index in [2.05, 4.69) is 5.32 Å². The average molecular weight is 442 g/mol. The highest BCUT2D eigenvalue weighted by Gasteiger charge is 2.32. The Morgan fingerprint density at radius 3 is 2.61 bits per heavy atom. The molecular weight excluding hydrogens is 414 g/mol. The number of benzene rings is 2. The van der Waals surface area contributed by atoms with Crippen molar-refractivity contribution in [2.24, 2.45) is 13.0 Å². The number of carbonyl (C=O) groups is 1. The van der Waals surface area contributed by atoms with Crippen LogP contribution in [0.25, 0.3) is 10.9 Å². The van der Waals surface area contributed by atoms with Crippen molar-refractivity contribution >= 4 is 26.8 Å². The van der Waals surface area contributed by atoms with Crippen LogP contribution >= 0.6 is 0 Å². The van der Waals surface area contributed by atoms with Crippen LogP contribution in [0, 0.1) is 5.92 Å². The minimum Gasteiger partial charge on any atom is -0.496 e. The maximum atomic E-state index is 13.1. The molecule has 0 atom stereocenters. The lowest BCUT2D eigenvalue weighted by atomic mass is 9.97. The molecule has 0 spiro atoms.